The van der Waals surface area contributed by atoms with E-state index in [9.17, 15) is 15.3 Å². The van der Waals surface area contributed by atoms with E-state index >= 15 is 0 Å². The lowest BCUT2D eigenvalue weighted by atomic mass is 9.87. The molecule has 0 bridgehead atoms. The first-order valence-corrected chi connectivity index (χ1v) is 8.11. The number of phenolic OH excluding ortho intramolecular Hbond substituents is 2. The third kappa shape index (κ3) is 3.70. The van der Waals surface area contributed by atoms with Crippen molar-refractivity contribution in [1.29, 1.82) is 0 Å². The van der Waals surface area contributed by atoms with Crippen molar-refractivity contribution >= 4 is 28.6 Å². The molecule has 3 rings (SSSR count). The zero-order valence-electron chi connectivity index (χ0n) is 13.2. The van der Waals surface area contributed by atoms with Crippen LogP contribution in [0.25, 0.3) is 0 Å². The van der Waals surface area contributed by atoms with Gasteiger partial charge in [0.15, 0.2) is 11.5 Å². The first kappa shape index (κ1) is 19.1. The first-order valence-electron chi connectivity index (χ1n) is 7.73. The zero-order valence-corrected chi connectivity index (χ0v) is 15.6. The Labute approximate surface area is 157 Å². The molecule has 3 N–H and O–H groups in total. The number of aliphatic hydroxyl groups is 1. The fourth-order valence-electron chi connectivity index (χ4n) is 3.28. The molecule has 0 radical (unpaired) electrons. The Morgan fingerprint density at radius 3 is 2.54 bits per heavy atom. The maximum absolute atomic E-state index is 9.99. The lowest BCUT2D eigenvalue weighted by Crippen LogP contribution is -2.31. The van der Waals surface area contributed by atoms with Crippen molar-refractivity contribution < 1.29 is 15.3 Å². The minimum absolute atomic E-state index is 0. The van der Waals surface area contributed by atoms with E-state index in [1.807, 2.05) is 18.2 Å². The molecule has 4 nitrogen and oxygen atoms in total. The molecule has 0 aromatic heterocycles. The molecule has 0 amide bonds. The number of halogens is 2. The summed E-state index contributed by atoms with van der Waals surface area (Å²) in [5.41, 5.74) is 2.94. The third-order valence-electron chi connectivity index (χ3n) is 4.47. The maximum Gasteiger partial charge on any atom is 0.176 e. The number of aliphatic hydroxyl groups excluding tert-OH is 1. The van der Waals surface area contributed by atoms with Crippen molar-refractivity contribution in [3.05, 3.63) is 58.1 Å². The standard InChI is InChI=1S/C18H20ClNO3.BrH/c19-17-13-6-7-20(8-9-21)11-15(12-4-2-1-3-5-12)14(13)10-16(22)18(17)23;/h1-5,10,15,21-23H,6-9,11H2;1H. The lowest BCUT2D eigenvalue weighted by Gasteiger charge is -2.25. The molecule has 1 aliphatic heterocycles. The summed E-state index contributed by atoms with van der Waals surface area (Å²) < 4.78 is 0. The fraction of sp³-hybridized carbons (Fsp3) is 0.333. The monoisotopic (exact) mass is 413 g/mol. The Balaban J connectivity index is 0.00000208. The summed E-state index contributed by atoms with van der Waals surface area (Å²) in [7, 11) is 0. The van der Waals surface area contributed by atoms with Crippen molar-refractivity contribution in [3.63, 3.8) is 0 Å². The van der Waals surface area contributed by atoms with Crippen LogP contribution < -0.4 is 0 Å². The highest BCUT2D eigenvalue weighted by Gasteiger charge is 2.28. The molecule has 6 heteroatoms. The summed E-state index contributed by atoms with van der Waals surface area (Å²) in [5.74, 6) is -0.414. The molecule has 0 saturated carbocycles. The minimum atomic E-state index is -0.257. The first-order chi connectivity index (χ1) is 11.1. The van der Waals surface area contributed by atoms with Crippen molar-refractivity contribution in [3.8, 4) is 11.5 Å². The summed E-state index contributed by atoms with van der Waals surface area (Å²) in [6.07, 6.45) is 0.672. The van der Waals surface area contributed by atoms with Gasteiger partial charge in [0.05, 0.1) is 11.6 Å². The van der Waals surface area contributed by atoms with Gasteiger partial charge in [-0.1, -0.05) is 41.9 Å². The summed E-state index contributed by atoms with van der Waals surface area (Å²) in [5, 5.41) is 29.4. The number of hydrogen-bond acceptors (Lipinski definition) is 4. The highest BCUT2D eigenvalue weighted by atomic mass is 79.9. The van der Waals surface area contributed by atoms with Crippen molar-refractivity contribution in [2.24, 2.45) is 0 Å². The van der Waals surface area contributed by atoms with Crippen molar-refractivity contribution in [1.82, 2.24) is 4.90 Å². The van der Waals surface area contributed by atoms with Crippen LogP contribution in [0.15, 0.2) is 36.4 Å². The van der Waals surface area contributed by atoms with Crippen LogP contribution in [-0.4, -0.2) is 46.5 Å². The molecule has 0 saturated heterocycles. The summed E-state index contributed by atoms with van der Waals surface area (Å²) in [6.45, 7) is 2.17. The normalized spacial score (nSPS) is 17.7. The SMILES string of the molecule is Br.OCCN1CCc2c(cc(O)c(O)c2Cl)C(c2ccccc2)C1. The molecule has 2 aromatic rings. The quantitative estimate of drug-likeness (QED) is 0.674. The Kier molecular flexibility index (Phi) is 6.52. The largest absolute Gasteiger partial charge is 0.504 e. The van der Waals surface area contributed by atoms with Crippen LogP contribution in [-0.2, 0) is 6.42 Å². The Hall–Kier alpha value is -1.27. The highest BCUT2D eigenvalue weighted by molar-refractivity contribution is 8.93. The predicted molar refractivity (Wildman–Crippen MR) is 101 cm³/mol. The molecule has 0 spiro atoms. The van der Waals surface area contributed by atoms with Crippen molar-refractivity contribution in [2.45, 2.75) is 12.3 Å². The minimum Gasteiger partial charge on any atom is -0.504 e. The molecule has 0 fully saturated rings. The van der Waals surface area contributed by atoms with E-state index in [0.29, 0.717) is 13.0 Å². The molecule has 0 aliphatic carbocycles. The van der Waals surface area contributed by atoms with Gasteiger partial charge < -0.3 is 15.3 Å². The van der Waals surface area contributed by atoms with Crippen LogP contribution in [0.1, 0.15) is 22.6 Å². The number of nitrogens with zero attached hydrogens (tertiary/aromatic N) is 1. The van der Waals surface area contributed by atoms with Gasteiger partial charge in [-0.05, 0) is 29.2 Å². The van der Waals surface area contributed by atoms with E-state index in [1.54, 1.807) is 6.07 Å². The van der Waals surface area contributed by atoms with Gasteiger partial charge in [0.1, 0.15) is 0 Å². The van der Waals surface area contributed by atoms with E-state index in [2.05, 4.69) is 17.0 Å². The van der Waals surface area contributed by atoms with Gasteiger partial charge in [-0.25, -0.2) is 0 Å². The number of benzene rings is 2. The van der Waals surface area contributed by atoms with Gasteiger partial charge in [0.25, 0.3) is 0 Å². The average molecular weight is 415 g/mol. The molecule has 1 heterocycles. The fourth-order valence-corrected chi connectivity index (χ4v) is 3.58. The number of hydrogen-bond donors (Lipinski definition) is 3. The van der Waals surface area contributed by atoms with E-state index in [0.717, 1.165) is 29.8 Å². The smallest absolute Gasteiger partial charge is 0.176 e. The van der Waals surface area contributed by atoms with E-state index < -0.39 is 0 Å². The molecular weight excluding hydrogens is 394 g/mol. The highest BCUT2D eigenvalue weighted by Crippen LogP contribution is 2.43. The van der Waals surface area contributed by atoms with Crippen LogP contribution in [0.3, 0.4) is 0 Å². The number of rotatable bonds is 3. The molecule has 1 atom stereocenters. The van der Waals surface area contributed by atoms with Gasteiger partial charge in [-0.15, -0.1) is 17.0 Å². The number of phenols is 2. The van der Waals surface area contributed by atoms with Gasteiger partial charge in [-0.2, -0.15) is 0 Å². The number of aromatic hydroxyl groups is 2. The summed E-state index contributed by atoms with van der Waals surface area (Å²) in [4.78, 5) is 2.18. The van der Waals surface area contributed by atoms with E-state index in [-0.39, 0.29) is 46.0 Å². The molecular formula is C18H21BrClNO3. The molecule has 130 valence electrons. The second kappa shape index (κ2) is 8.21. The second-order valence-corrected chi connectivity index (χ2v) is 6.24. The number of β-amino-alcohol motifs (C(OH)–C–C–N with tert-alkyl or cyclic N) is 1. The Bertz CT molecular complexity index is 696. The average Bonchev–Trinajstić information content (AvgIpc) is 2.74. The molecule has 2 aromatic carbocycles. The topological polar surface area (TPSA) is 63.9 Å². The Morgan fingerprint density at radius 1 is 1.17 bits per heavy atom. The predicted octanol–water partition coefficient (Wildman–Crippen LogP) is 3.31. The van der Waals surface area contributed by atoms with Gasteiger partial charge in [-0.3, -0.25) is 4.90 Å². The van der Waals surface area contributed by atoms with Gasteiger partial charge >= 0.3 is 0 Å². The van der Waals surface area contributed by atoms with Crippen molar-refractivity contribution in [2.75, 3.05) is 26.2 Å². The van der Waals surface area contributed by atoms with Crippen LogP contribution >= 0.6 is 28.6 Å². The Morgan fingerprint density at radius 2 is 1.88 bits per heavy atom. The summed E-state index contributed by atoms with van der Waals surface area (Å²) in [6, 6.07) is 11.7. The lowest BCUT2D eigenvalue weighted by molar-refractivity contribution is 0.197. The summed E-state index contributed by atoms with van der Waals surface area (Å²) >= 11 is 6.29. The second-order valence-electron chi connectivity index (χ2n) is 5.86. The van der Waals surface area contributed by atoms with Crippen LogP contribution in [0, 0.1) is 0 Å². The molecule has 24 heavy (non-hydrogen) atoms. The maximum atomic E-state index is 9.99. The molecule has 1 aliphatic rings. The van der Waals surface area contributed by atoms with Crippen LogP contribution in [0.2, 0.25) is 5.02 Å². The molecule has 1 unspecified atom stereocenters. The van der Waals surface area contributed by atoms with Crippen LogP contribution in [0.4, 0.5) is 0 Å². The van der Waals surface area contributed by atoms with E-state index in [1.165, 1.54) is 0 Å². The third-order valence-corrected chi connectivity index (χ3v) is 4.88. The zero-order chi connectivity index (χ0) is 16.4. The van der Waals surface area contributed by atoms with E-state index in [4.69, 9.17) is 11.6 Å². The van der Waals surface area contributed by atoms with Gasteiger partial charge in [0, 0.05) is 25.6 Å². The van der Waals surface area contributed by atoms with Crippen LogP contribution in [0.5, 0.6) is 11.5 Å². The number of fused-ring (bicyclic) bond motifs is 1. The van der Waals surface area contributed by atoms with Gasteiger partial charge in [0.2, 0.25) is 0 Å².